The summed E-state index contributed by atoms with van der Waals surface area (Å²) in [7, 11) is 0. The van der Waals surface area contributed by atoms with Crippen LogP contribution in [0.25, 0.3) is 0 Å². The van der Waals surface area contributed by atoms with Gasteiger partial charge in [0.05, 0.1) is 18.7 Å². The fourth-order valence-electron chi connectivity index (χ4n) is 2.80. The van der Waals surface area contributed by atoms with E-state index in [1.54, 1.807) is 0 Å². The van der Waals surface area contributed by atoms with Crippen LogP contribution in [-0.2, 0) is 16.0 Å². The van der Waals surface area contributed by atoms with Gasteiger partial charge in [-0.2, -0.15) is 0 Å². The van der Waals surface area contributed by atoms with Gasteiger partial charge in [-0.15, -0.1) is 0 Å². The Morgan fingerprint density at radius 1 is 1.08 bits per heavy atom. The number of nitrogens with two attached hydrogens (primary N) is 1. The third-order valence-electron chi connectivity index (χ3n) is 4.06. The molecule has 2 aromatic carbocycles. The molecular formula is C18H17ClFN2O2+. The van der Waals surface area contributed by atoms with Gasteiger partial charge in [-0.05, 0) is 42.0 Å². The molecule has 1 fully saturated rings. The molecule has 0 aliphatic carbocycles. The Bertz CT molecular complexity index is 747. The number of benzene rings is 2. The lowest BCUT2D eigenvalue weighted by molar-refractivity contribution is -0.674. The third kappa shape index (κ3) is 3.63. The smallest absolute Gasteiger partial charge is 0.292 e. The van der Waals surface area contributed by atoms with Crippen LogP contribution in [0.3, 0.4) is 0 Å². The maximum Gasteiger partial charge on any atom is 0.292 e. The maximum absolute atomic E-state index is 13.0. The lowest BCUT2D eigenvalue weighted by atomic mass is 10.1. The van der Waals surface area contributed by atoms with Gasteiger partial charge in [-0.25, -0.2) is 9.29 Å². The van der Waals surface area contributed by atoms with Crippen LogP contribution in [0, 0.1) is 5.82 Å². The zero-order valence-electron chi connectivity index (χ0n) is 12.9. The largest absolute Gasteiger partial charge is 0.335 e. The monoisotopic (exact) mass is 347 g/mol. The number of halogens is 2. The number of hydrogen-bond donors (Lipinski definition) is 1. The van der Waals surface area contributed by atoms with E-state index < -0.39 is 11.9 Å². The molecule has 24 heavy (non-hydrogen) atoms. The molecule has 3 rings (SSSR count). The Morgan fingerprint density at radius 3 is 2.42 bits per heavy atom. The molecule has 1 saturated heterocycles. The summed E-state index contributed by atoms with van der Waals surface area (Å²) >= 11 is 5.85. The second-order valence-electron chi connectivity index (χ2n) is 5.76. The van der Waals surface area contributed by atoms with Crippen LogP contribution >= 0.6 is 11.6 Å². The van der Waals surface area contributed by atoms with Crippen molar-refractivity contribution in [1.29, 1.82) is 0 Å². The van der Waals surface area contributed by atoms with E-state index >= 15 is 0 Å². The van der Waals surface area contributed by atoms with E-state index in [0.29, 0.717) is 17.3 Å². The van der Waals surface area contributed by atoms with E-state index in [-0.39, 0.29) is 18.2 Å². The van der Waals surface area contributed by atoms with Crippen molar-refractivity contribution in [2.45, 2.75) is 18.9 Å². The summed E-state index contributed by atoms with van der Waals surface area (Å²) in [4.78, 5) is 25.7. The summed E-state index contributed by atoms with van der Waals surface area (Å²) in [5.74, 6) is -0.897. The van der Waals surface area contributed by atoms with Crippen LogP contribution in [0.1, 0.15) is 12.0 Å². The van der Waals surface area contributed by atoms with Gasteiger partial charge in [0, 0.05) is 11.4 Å². The van der Waals surface area contributed by atoms with Crippen LogP contribution in [0.2, 0.25) is 5.02 Å². The number of carbonyl (C=O) groups excluding carboxylic acids is 2. The quantitative estimate of drug-likeness (QED) is 0.840. The normalized spacial score (nSPS) is 17.6. The Kier molecular flexibility index (Phi) is 4.92. The summed E-state index contributed by atoms with van der Waals surface area (Å²) in [5, 5.41) is 2.58. The molecule has 2 amide bonds. The molecule has 0 aromatic heterocycles. The second-order valence-corrected chi connectivity index (χ2v) is 6.19. The first kappa shape index (κ1) is 16.6. The van der Waals surface area contributed by atoms with Crippen molar-refractivity contribution in [2.24, 2.45) is 0 Å². The van der Waals surface area contributed by atoms with E-state index in [0.717, 1.165) is 16.9 Å². The molecule has 1 atom stereocenters. The summed E-state index contributed by atoms with van der Waals surface area (Å²) in [6.45, 7) is 0.697. The van der Waals surface area contributed by atoms with Gasteiger partial charge >= 0.3 is 0 Å². The number of nitrogens with zero attached hydrogens (tertiary/aromatic N) is 1. The van der Waals surface area contributed by atoms with Crippen molar-refractivity contribution in [3.63, 3.8) is 0 Å². The average molecular weight is 348 g/mol. The molecule has 124 valence electrons. The molecule has 0 spiro atoms. The SMILES string of the molecule is O=C1C[C@@H]([NH2+]CCc2ccc(Cl)cc2)C(=O)N1c1ccc(F)cc1. The molecular weight excluding hydrogens is 331 g/mol. The van der Waals surface area contributed by atoms with Crippen LogP contribution < -0.4 is 10.2 Å². The van der Waals surface area contributed by atoms with Gasteiger partial charge in [0.15, 0.2) is 6.04 Å². The van der Waals surface area contributed by atoms with Gasteiger partial charge in [-0.3, -0.25) is 9.59 Å². The van der Waals surface area contributed by atoms with E-state index in [4.69, 9.17) is 11.6 Å². The summed E-state index contributed by atoms with van der Waals surface area (Å²) in [6, 6.07) is 12.5. The fraction of sp³-hybridized carbons (Fsp3) is 0.222. The Labute approximate surface area is 144 Å². The van der Waals surface area contributed by atoms with Crippen molar-refractivity contribution >= 4 is 29.1 Å². The van der Waals surface area contributed by atoms with Gasteiger partial charge in [0.1, 0.15) is 5.82 Å². The minimum Gasteiger partial charge on any atom is -0.335 e. The predicted octanol–water partition coefficient (Wildman–Crippen LogP) is 1.92. The Balaban J connectivity index is 1.59. The van der Waals surface area contributed by atoms with Gasteiger partial charge in [-0.1, -0.05) is 23.7 Å². The number of rotatable bonds is 5. The van der Waals surface area contributed by atoms with Crippen molar-refractivity contribution in [3.05, 3.63) is 64.9 Å². The highest BCUT2D eigenvalue weighted by atomic mass is 35.5. The first-order valence-electron chi connectivity index (χ1n) is 7.75. The molecule has 2 N–H and O–H groups in total. The Hall–Kier alpha value is -2.24. The lowest BCUT2D eigenvalue weighted by Gasteiger charge is -2.14. The Morgan fingerprint density at radius 2 is 1.75 bits per heavy atom. The van der Waals surface area contributed by atoms with Crippen LogP contribution in [0.4, 0.5) is 10.1 Å². The standard InChI is InChI=1S/C18H16ClFN2O2/c19-13-3-1-12(2-4-13)9-10-21-16-11-17(23)22(18(16)24)15-7-5-14(20)6-8-15/h1-8,16,21H,9-11H2/p+1/t16-/m1/s1. The molecule has 0 unspecified atom stereocenters. The first-order valence-corrected chi connectivity index (χ1v) is 8.12. The van der Waals surface area contributed by atoms with E-state index in [9.17, 15) is 14.0 Å². The average Bonchev–Trinajstić information content (AvgIpc) is 2.85. The summed E-state index contributed by atoms with van der Waals surface area (Å²) in [6.07, 6.45) is 0.947. The number of imide groups is 1. The molecule has 0 bridgehead atoms. The minimum atomic E-state index is -0.421. The number of anilines is 1. The zero-order valence-corrected chi connectivity index (χ0v) is 13.7. The number of carbonyl (C=O) groups is 2. The fourth-order valence-corrected chi connectivity index (χ4v) is 2.93. The molecule has 0 saturated carbocycles. The van der Waals surface area contributed by atoms with Crippen LogP contribution in [0.5, 0.6) is 0 Å². The lowest BCUT2D eigenvalue weighted by Crippen LogP contribution is -2.92. The van der Waals surface area contributed by atoms with Crippen LogP contribution in [-0.4, -0.2) is 24.4 Å². The number of hydrogen-bond acceptors (Lipinski definition) is 2. The van der Waals surface area contributed by atoms with Gasteiger partial charge < -0.3 is 5.32 Å². The van der Waals surface area contributed by atoms with Gasteiger partial charge in [0.25, 0.3) is 5.91 Å². The van der Waals surface area contributed by atoms with E-state index in [1.165, 1.54) is 24.3 Å². The summed E-state index contributed by atoms with van der Waals surface area (Å²) in [5.41, 5.74) is 1.54. The molecule has 4 nitrogen and oxygen atoms in total. The first-order chi connectivity index (χ1) is 11.5. The van der Waals surface area contributed by atoms with Crippen molar-refractivity contribution in [1.82, 2.24) is 0 Å². The number of quaternary nitrogens is 1. The predicted molar refractivity (Wildman–Crippen MR) is 89.2 cm³/mol. The zero-order chi connectivity index (χ0) is 17.1. The molecule has 1 heterocycles. The van der Waals surface area contributed by atoms with Crippen LogP contribution in [0.15, 0.2) is 48.5 Å². The molecule has 0 radical (unpaired) electrons. The van der Waals surface area contributed by atoms with Crippen molar-refractivity contribution in [3.8, 4) is 0 Å². The summed E-state index contributed by atoms with van der Waals surface area (Å²) < 4.78 is 13.0. The van der Waals surface area contributed by atoms with E-state index in [2.05, 4.69) is 0 Å². The highest BCUT2D eigenvalue weighted by Gasteiger charge is 2.41. The molecule has 6 heteroatoms. The van der Waals surface area contributed by atoms with Gasteiger partial charge in [0.2, 0.25) is 5.91 Å². The third-order valence-corrected chi connectivity index (χ3v) is 4.32. The molecule has 1 aliphatic rings. The topological polar surface area (TPSA) is 54.0 Å². The highest BCUT2D eigenvalue weighted by molar-refractivity contribution is 6.30. The number of amides is 2. The van der Waals surface area contributed by atoms with Crippen molar-refractivity contribution in [2.75, 3.05) is 11.4 Å². The maximum atomic E-state index is 13.0. The van der Waals surface area contributed by atoms with E-state index in [1.807, 2.05) is 29.6 Å². The molecule has 1 aliphatic heterocycles. The minimum absolute atomic E-state index is 0.164. The van der Waals surface area contributed by atoms with Crippen molar-refractivity contribution < 1.29 is 19.3 Å². The molecule has 2 aromatic rings. The highest BCUT2D eigenvalue weighted by Crippen LogP contribution is 2.21. The second kappa shape index (κ2) is 7.11.